The van der Waals surface area contributed by atoms with Crippen LogP contribution in [0.2, 0.25) is 0 Å². The Morgan fingerprint density at radius 3 is 2.79 bits per heavy atom. The van der Waals surface area contributed by atoms with Crippen LogP contribution in [-0.4, -0.2) is 9.97 Å². The summed E-state index contributed by atoms with van der Waals surface area (Å²) in [6, 6.07) is 5.98. The van der Waals surface area contributed by atoms with Crippen molar-refractivity contribution in [1.29, 1.82) is 5.26 Å². The van der Waals surface area contributed by atoms with Crippen LogP contribution in [0.15, 0.2) is 24.5 Å². The highest BCUT2D eigenvalue weighted by Gasteiger charge is 2.17. The highest BCUT2D eigenvalue weighted by molar-refractivity contribution is 5.78. The first-order valence-corrected chi connectivity index (χ1v) is 6.28. The van der Waals surface area contributed by atoms with Crippen LogP contribution in [-0.2, 0) is 6.42 Å². The molecule has 0 saturated carbocycles. The molecule has 0 unspecified atom stereocenters. The number of nitriles is 1. The Kier molecular flexibility index (Phi) is 3.76. The first-order valence-electron chi connectivity index (χ1n) is 6.28. The van der Waals surface area contributed by atoms with Crippen molar-refractivity contribution in [3.05, 3.63) is 41.3 Å². The third-order valence-electron chi connectivity index (χ3n) is 3.09. The van der Waals surface area contributed by atoms with Crippen molar-refractivity contribution in [3.8, 4) is 17.2 Å². The Morgan fingerprint density at radius 1 is 1.42 bits per heavy atom. The van der Waals surface area contributed by atoms with Gasteiger partial charge in [-0.2, -0.15) is 5.26 Å². The number of aryl methyl sites for hydroxylation is 1. The molecule has 2 rings (SSSR count). The fourth-order valence-electron chi connectivity index (χ4n) is 2.26. The van der Waals surface area contributed by atoms with Crippen LogP contribution in [0.4, 0.5) is 5.82 Å². The van der Waals surface area contributed by atoms with Crippen LogP contribution in [0.1, 0.15) is 30.2 Å². The molecular weight excluding hydrogens is 236 g/mol. The van der Waals surface area contributed by atoms with Crippen LogP contribution in [0.3, 0.4) is 0 Å². The van der Waals surface area contributed by atoms with Crippen LogP contribution in [0, 0.1) is 18.3 Å². The second-order valence-corrected chi connectivity index (χ2v) is 4.41. The van der Waals surface area contributed by atoms with E-state index in [-0.39, 0.29) is 0 Å². The quantitative estimate of drug-likeness (QED) is 0.911. The highest BCUT2D eigenvalue weighted by Crippen LogP contribution is 2.32. The van der Waals surface area contributed by atoms with Gasteiger partial charge in [0.05, 0.1) is 0 Å². The Bertz CT molecular complexity index is 627. The monoisotopic (exact) mass is 252 g/mol. The molecule has 0 bridgehead atoms. The molecule has 96 valence electrons. The minimum Gasteiger partial charge on any atom is -0.383 e. The first kappa shape index (κ1) is 13.0. The Hall–Kier alpha value is -2.41. The lowest BCUT2D eigenvalue weighted by Crippen LogP contribution is -2.05. The smallest absolute Gasteiger partial charge is 0.142 e. The molecule has 0 amide bonds. The fourth-order valence-corrected chi connectivity index (χ4v) is 2.26. The minimum atomic E-state index is 0.290. The molecule has 0 spiro atoms. The maximum Gasteiger partial charge on any atom is 0.142 e. The molecule has 0 saturated heterocycles. The molecule has 2 aromatic heterocycles. The predicted octanol–water partition coefficient (Wildman–Crippen LogP) is 2.86. The molecule has 0 aliphatic heterocycles. The summed E-state index contributed by atoms with van der Waals surface area (Å²) in [5.41, 5.74) is 10.1. The summed E-state index contributed by atoms with van der Waals surface area (Å²) in [5, 5.41) is 9.35. The van der Waals surface area contributed by atoms with E-state index in [1.165, 1.54) is 0 Å². The number of hydrogen-bond acceptors (Lipinski definition) is 4. The molecule has 0 aliphatic rings. The summed E-state index contributed by atoms with van der Waals surface area (Å²) in [6.07, 6.45) is 5.34. The van der Waals surface area contributed by atoms with Gasteiger partial charge >= 0.3 is 0 Å². The van der Waals surface area contributed by atoms with Crippen LogP contribution in [0.5, 0.6) is 0 Å². The normalized spacial score (nSPS) is 10.2. The molecule has 2 N–H and O–H groups in total. The molecule has 0 aliphatic carbocycles. The SMILES string of the molecule is CCCc1c(C)nc(N)c(C#N)c1-c1cccnc1. The molecule has 0 atom stereocenters. The molecule has 0 aromatic carbocycles. The topological polar surface area (TPSA) is 75.6 Å². The van der Waals surface area contributed by atoms with Crippen molar-refractivity contribution in [2.45, 2.75) is 26.7 Å². The molecule has 4 heteroatoms. The molecular formula is C15H16N4. The third kappa shape index (κ3) is 2.41. The van der Waals surface area contributed by atoms with E-state index in [4.69, 9.17) is 5.73 Å². The average molecular weight is 252 g/mol. The van der Waals surface area contributed by atoms with Crippen molar-refractivity contribution in [2.24, 2.45) is 0 Å². The van der Waals surface area contributed by atoms with Gasteiger partial charge in [0.25, 0.3) is 0 Å². The summed E-state index contributed by atoms with van der Waals surface area (Å²) in [4.78, 5) is 8.41. The molecule has 0 fully saturated rings. The number of nitrogens with two attached hydrogens (primary N) is 1. The van der Waals surface area contributed by atoms with E-state index < -0.39 is 0 Å². The van der Waals surface area contributed by atoms with Crippen molar-refractivity contribution in [3.63, 3.8) is 0 Å². The zero-order valence-electron chi connectivity index (χ0n) is 11.1. The first-order chi connectivity index (χ1) is 9.19. The summed E-state index contributed by atoms with van der Waals surface area (Å²) in [7, 11) is 0. The average Bonchev–Trinajstić information content (AvgIpc) is 2.42. The lowest BCUT2D eigenvalue weighted by Gasteiger charge is -2.15. The Balaban J connectivity index is 2.78. The van der Waals surface area contributed by atoms with Gasteiger partial charge in [0.2, 0.25) is 0 Å². The van der Waals surface area contributed by atoms with E-state index in [0.717, 1.165) is 35.2 Å². The van der Waals surface area contributed by atoms with E-state index >= 15 is 0 Å². The maximum atomic E-state index is 9.35. The second-order valence-electron chi connectivity index (χ2n) is 4.41. The van der Waals surface area contributed by atoms with Gasteiger partial charge < -0.3 is 5.73 Å². The van der Waals surface area contributed by atoms with E-state index in [1.807, 2.05) is 19.1 Å². The number of aromatic nitrogens is 2. The van der Waals surface area contributed by atoms with Gasteiger partial charge in [-0.15, -0.1) is 0 Å². The summed E-state index contributed by atoms with van der Waals surface area (Å²) in [5.74, 6) is 0.290. The van der Waals surface area contributed by atoms with Crippen molar-refractivity contribution in [1.82, 2.24) is 9.97 Å². The largest absolute Gasteiger partial charge is 0.383 e. The molecule has 4 nitrogen and oxygen atoms in total. The van der Waals surface area contributed by atoms with E-state index in [0.29, 0.717) is 11.4 Å². The van der Waals surface area contributed by atoms with Gasteiger partial charge in [0.1, 0.15) is 17.5 Å². The predicted molar refractivity (Wildman–Crippen MR) is 75.3 cm³/mol. The van der Waals surface area contributed by atoms with Crippen molar-refractivity contribution < 1.29 is 0 Å². The molecule has 2 heterocycles. The zero-order chi connectivity index (χ0) is 13.8. The van der Waals surface area contributed by atoms with Gasteiger partial charge in [0.15, 0.2) is 0 Å². The van der Waals surface area contributed by atoms with E-state index in [9.17, 15) is 5.26 Å². The maximum absolute atomic E-state index is 9.35. The van der Waals surface area contributed by atoms with Crippen molar-refractivity contribution >= 4 is 5.82 Å². The van der Waals surface area contributed by atoms with Gasteiger partial charge in [-0.25, -0.2) is 4.98 Å². The summed E-state index contributed by atoms with van der Waals surface area (Å²) >= 11 is 0. The standard InChI is InChI=1S/C15H16N4/c1-3-5-12-10(2)19-15(17)13(8-16)14(12)11-6-4-7-18-9-11/h4,6-7,9H,3,5H2,1-2H3,(H2,17,19). The third-order valence-corrected chi connectivity index (χ3v) is 3.09. The van der Waals surface area contributed by atoms with Gasteiger partial charge in [-0.3, -0.25) is 4.98 Å². The van der Waals surface area contributed by atoms with Crippen molar-refractivity contribution in [2.75, 3.05) is 5.73 Å². The number of nitrogen functional groups attached to an aromatic ring is 1. The van der Waals surface area contributed by atoms with E-state index in [1.54, 1.807) is 12.4 Å². The molecule has 19 heavy (non-hydrogen) atoms. The zero-order valence-corrected chi connectivity index (χ0v) is 11.1. The van der Waals surface area contributed by atoms with Crippen LogP contribution >= 0.6 is 0 Å². The Labute approximate surface area is 112 Å². The lowest BCUT2D eigenvalue weighted by molar-refractivity contribution is 0.900. The number of rotatable bonds is 3. The van der Waals surface area contributed by atoms with Gasteiger partial charge in [-0.1, -0.05) is 19.4 Å². The highest BCUT2D eigenvalue weighted by atomic mass is 14.8. The van der Waals surface area contributed by atoms with Gasteiger partial charge in [-0.05, 0) is 25.0 Å². The lowest BCUT2D eigenvalue weighted by atomic mass is 9.93. The number of nitrogens with zero attached hydrogens (tertiary/aromatic N) is 3. The molecule has 2 aromatic rings. The van der Waals surface area contributed by atoms with E-state index in [2.05, 4.69) is 23.0 Å². The second kappa shape index (κ2) is 5.49. The van der Waals surface area contributed by atoms with Gasteiger partial charge in [0, 0.05) is 29.2 Å². The summed E-state index contributed by atoms with van der Waals surface area (Å²) in [6.45, 7) is 4.04. The number of pyridine rings is 2. The minimum absolute atomic E-state index is 0.290. The molecule has 0 radical (unpaired) electrons. The number of hydrogen-bond donors (Lipinski definition) is 1. The van der Waals surface area contributed by atoms with Crippen LogP contribution < -0.4 is 5.73 Å². The number of anilines is 1. The summed E-state index contributed by atoms with van der Waals surface area (Å²) < 4.78 is 0. The van der Waals surface area contributed by atoms with Crippen LogP contribution in [0.25, 0.3) is 11.1 Å². The Morgan fingerprint density at radius 2 is 2.21 bits per heavy atom. The fraction of sp³-hybridized carbons (Fsp3) is 0.267.